The molecule has 1 aromatic heterocycles. The fraction of sp³-hybridized carbons (Fsp3) is 0.364. The molecule has 4 nitrogen and oxygen atoms in total. The molecule has 0 N–H and O–H groups in total. The summed E-state index contributed by atoms with van der Waals surface area (Å²) in [6.45, 7) is 2.04. The van der Waals surface area contributed by atoms with Gasteiger partial charge < -0.3 is 4.74 Å². The van der Waals surface area contributed by atoms with Crippen molar-refractivity contribution >= 4 is 11.8 Å². The van der Waals surface area contributed by atoms with Gasteiger partial charge in [-0.15, -0.1) is 0 Å². The Labute approximate surface area is 87.3 Å². The van der Waals surface area contributed by atoms with Crippen molar-refractivity contribution in [2.75, 3.05) is 6.61 Å². The van der Waals surface area contributed by atoms with Crippen LogP contribution in [-0.2, 0) is 11.2 Å². The van der Waals surface area contributed by atoms with Crippen molar-refractivity contribution in [2.45, 2.75) is 19.8 Å². The predicted molar refractivity (Wildman–Crippen MR) is 52.8 cm³/mol. The van der Waals surface area contributed by atoms with E-state index in [0.717, 1.165) is 12.0 Å². The quantitative estimate of drug-likeness (QED) is 0.684. The smallest absolute Gasteiger partial charge is 0.356 e. The molecule has 0 amide bonds. The van der Waals surface area contributed by atoms with Crippen LogP contribution in [0.1, 0.15) is 39.9 Å². The summed E-state index contributed by atoms with van der Waals surface area (Å²) in [7, 11) is 0. The van der Waals surface area contributed by atoms with E-state index in [2.05, 4.69) is 4.98 Å². The fourth-order valence-corrected chi connectivity index (χ4v) is 1.62. The van der Waals surface area contributed by atoms with Gasteiger partial charge in [-0.25, -0.2) is 9.78 Å². The minimum Gasteiger partial charge on any atom is -0.461 e. The molecule has 1 aromatic rings. The number of Topliss-reactive ketones (excluding diaryl/α,β-unsaturated/α-hetero) is 1. The summed E-state index contributed by atoms with van der Waals surface area (Å²) in [5.74, 6) is -0.462. The van der Waals surface area contributed by atoms with E-state index in [1.165, 1.54) is 0 Å². The highest BCUT2D eigenvalue weighted by atomic mass is 16.5. The van der Waals surface area contributed by atoms with Crippen molar-refractivity contribution in [1.29, 1.82) is 0 Å². The molecule has 0 unspecified atom stereocenters. The topological polar surface area (TPSA) is 56.3 Å². The van der Waals surface area contributed by atoms with Gasteiger partial charge in [-0.2, -0.15) is 0 Å². The van der Waals surface area contributed by atoms with Crippen molar-refractivity contribution in [2.24, 2.45) is 0 Å². The Morgan fingerprint density at radius 2 is 2.27 bits per heavy atom. The number of rotatable bonds is 2. The highest BCUT2D eigenvalue weighted by Gasteiger charge is 2.22. The first-order chi connectivity index (χ1) is 7.22. The first kappa shape index (κ1) is 9.83. The molecule has 15 heavy (non-hydrogen) atoms. The van der Waals surface area contributed by atoms with Crippen molar-refractivity contribution in [1.82, 2.24) is 4.98 Å². The van der Waals surface area contributed by atoms with Crippen LogP contribution in [0.3, 0.4) is 0 Å². The molecule has 0 radical (unpaired) electrons. The molecule has 0 aliphatic heterocycles. The summed E-state index contributed by atoms with van der Waals surface area (Å²) in [5, 5.41) is 0. The van der Waals surface area contributed by atoms with E-state index >= 15 is 0 Å². The van der Waals surface area contributed by atoms with Crippen molar-refractivity contribution < 1.29 is 14.3 Å². The molecule has 0 saturated heterocycles. The lowest BCUT2D eigenvalue weighted by Crippen LogP contribution is -2.09. The lowest BCUT2D eigenvalue weighted by molar-refractivity contribution is 0.0519. The molecule has 2 rings (SSSR count). The molecule has 78 valence electrons. The summed E-state index contributed by atoms with van der Waals surface area (Å²) in [6, 6.07) is 3.38. The molecule has 0 atom stereocenters. The summed E-state index contributed by atoms with van der Waals surface area (Å²) >= 11 is 0. The van der Waals surface area contributed by atoms with E-state index < -0.39 is 5.97 Å². The summed E-state index contributed by atoms with van der Waals surface area (Å²) in [5.41, 5.74) is 1.57. The third-order valence-electron chi connectivity index (χ3n) is 2.35. The highest BCUT2D eigenvalue weighted by Crippen LogP contribution is 2.20. The second-order valence-electron chi connectivity index (χ2n) is 3.35. The van der Waals surface area contributed by atoms with Crippen molar-refractivity contribution in [3.63, 3.8) is 0 Å². The Hall–Kier alpha value is -1.71. The predicted octanol–water partition coefficient (Wildman–Crippen LogP) is 1.39. The Balaban J connectivity index is 2.33. The molecule has 1 aliphatic carbocycles. The first-order valence-corrected chi connectivity index (χ1v) is 4.92. The van der Waals surface area contributed by atoms with Crippen molar-refractivity contribution in [3.8, 4) is 0 Å². The van der Waals surface area contributed by atoms with Gasteiger partial charge >= 0.3 is 5.97 Å². The number of fused-ring (bicyclic) bond motifs is 1. The van der Waals surface area contributed by atoms with Crippen molar-refractivity contribution in [3.05, 3.63) is 29.1 Å². The molecule has 0 bridgehead atoms. The van der Waals surface area contributed by atoms with Gasteiger partial charge in [0.25, 0.3) is 0 Å². The van der Waals surface area contributed by atoms with Crippen LogP contribution in [0.2, 0.25) is 0 Å². The van der Waals surface area contributed by atoms with Crippen LogP contribution in [0.15, 0.2) is 12.1 Å². The van der Waals surface area contributed by atoms with Gasteiger partial charge in [0.1, 0.15) is 11.4 Å². The fourth-order valence-electron chi connectivity index (χ4n) is 1.62. The van der Waals surface area contributed by atoms with E-state index in [4.69, 9.17) is 4.74 Å². The maximum atomic E-state index is 11.4. The number of ether oxygens (including phenoxy) is 1. The van der Waals surface area contributed by atoms with Gasteiger partial charge in [-0.05, 0) is 25.0 Å². The van der Waals surface area contributed by atoms with Crippen LogP contribution in [0.4, 0.5) is 0 Å². The molecule has 0 aromatic carbocycles. The van der Waals surface area contributed by atoms with Crippen LogP contribution in [0.25, 0.3) is 0 Å². The molecule has 0 spiro atoms. The highest BCUT2D eigenvalue weighted by molar-refractivity contribution is 5.99. The van der Waals surface area contributed by atoms with E-state index in [1.807, 2.05) is 0 Å². The Kier molecular flexibility index (Phi) is 2.49. The van der Waals surface area contributed by atoms with Crippen LogP contribution >= 0.6 is 0 Å². The van der Waals surface area contributed by atoms with Crippen LogP contribution < -0.4 is 0 Å². The largest absolute Gasteiger partial charge is 0.461 e. The van der Waals surface area contributed by atoms with Gasteiger partial charge in [0.05, 0.1) is 6.61 Å². The van der Waals surface area contributed by atoms with Crippen LogP contribution in [-0.4, -0.2) is 23.3 Å². The number of ketones is 1. The minimum absolute atomic E-state index is 0.0103. The summed E-state index contributed by atoms with van der Waals surface area (Å²) < 4.78 is 4.81. The number of hydrogen-bond acceptors (Lipinski definition) is 4. The molecule has 1 heterocycles. The number of carbonyl (C=O) groups is 2. The van der Waals surface area contributed by atoms with Gasteiger partial charge in [0.2, 0.25) is 0 Å². The number of aryl methyl sites for hydroxylation is 1. The monoisotopic (exact) mass is 205 g/mol. The van der Waals surface area contributed by atoms with Gasteiger partial charge in [-0.3, -0.25) is 4.79 Å². The summed E-state index contributed by atoms with van der Waals surface area (Å²) in [6.07, 6.45) is 1.22. The average Bonchev–Trinajstić information content (AvgIpc) is 2.60. The zero-order chi connectivity index (χ0) is 10.8. The molecule has 0 saturated carbocycles. The molecule has 4 heteroatoms. The van der Waals surface area contributed by atoms with Gasteiger partial charge in [0, 0.05) is 6.42 Å². The Morgan fingerprint density at radius 3 is 3.00 bits per heavy atom. The lowest BCUT2D eigenvalue weighted by Gasteiger charge is -2.02. The maximum absolute atomic E-state index is 11.4. The third kappa shape index (κ3) is 1.75. The second kappa shape index (κ2) is 3.81. The number of aromatic nitrogens is 1. The maximum Gasteiger partial charge on any atom is 0.356 e. The Morgan fingerprint density at radius 1 is 1.47 bits per heavy atom. The summed E-state index contributed by atoms with van der Waals surface area (Å²) in [4.78, 5) is 26.8. The number of hydrogen-bond donors (Lipinski definition) is 0. The van der Waals surface area contributed by atoms with E-state index in [0.29, 0.717) is 18.7 Å². The Bertz CT molecular complexity index is 426. The lowest BCUT2D eigenvalue weighted by atomic mass is 10.2. The molecular weight excluding hydrogens is 194 g/mol. The van der Waals surface area contributed by atoms with Crippen LogP contribution in [0.5, 0.6) is 0 Å². The second-order valence-corrected chi connectivity index (χ2v) is 3.35. The number of pyridine rings is 1. The number of carbonyl (C=O) groups excluding carboxylic acids is 2. The zero-order valence-electron chi connectivity index (χ0n) is 8.45. The SMILES string of the molecule is CCOC(=O)c1ccc2c(n1)C(=O)CC2. The van der Waals surface area contributed by atoms with E-state index in [1.54, 1.807) is 19.1 Å². The first-order valence-electron chi connectivity index (χ1n) is 4.92. The average molecular weight is 205 g/mol. The van der Waals surface area contributed by atoms with Gasteiger partial charge in [0.15, 0.2) is 5.78 Å². The van der Waals surface area contributed by atoms with Crippen LogP contribution in [0, 0.1) is 0 Å². The molecule has 1 aliphatic rings. The third-order valence-corrected chi connectivity index (χ3v) is 2.35. The standard InChI is InChI=1S/C11H11NO3/c1-2-15-11(14)8-5-3-7-4-6-9(13)10(7)12-8/h3,5H,2,4,6H2,1H3. The number of nitrogens with zero attached hydrogens (tertiary/aromatic N) is 1. The number of esters is 1. The molecular formula is C11H11NO3. The van der Waals surface area contributed by atoms with E-state index in [9.17, 15) is 9.59 Å². The zero-order valence-corrected chi connectivity index (χ0v) is 8.45. The van der Waals surface area contributed by atoms with Gasteiger partial charge in [-0.1, -0.05) is 6.07 Å². The minimum atomic E-state index is -0.472. The normalized spacial score (nSPS) is 13.8. The van der Waals surface area contributed by atoms with E-state index in [-0.39, 0.29) is 11.5 Å². The molecule has 0 fully saturated rings.